The smallest absolute Gasteiger partial charge is 0.130 e. The average Bonchev–Trinajstić information content (AvgIpc) is 2.84. The summed E-state index contributed by atoms with van der Waals surface area (Å²) in [5, 5.41) is 7.83. The van der Waals surface area contributed by atoms with E-state index < -0.39 is 0 Å². The molecule has 1 aromatic carbocycles. The summed E-state index contributed by atoms with van der Waals surface area (Å²) in [5.41, 5.74) is 3.47. The molecule has 0 radical (unpaired) electrons. The van der Waals surface area contributed by atoms with Crippen molar-refractivity contribution in [2.24, 2.45) is 7.05 Å². The summed E-state index contributed by atoms with van der Waals surface area (Å²) >= 11 is 0. The lowest BCUT2D eigenvalue weighted by Gasteiger charge is -2.09. The Hall–Kier alpha value is -1.81. The minimum absolute atomic E-state index is 0.499. The van der Waals surface area contributed by atoms with Crippen molar-refractivity contribution in [3.05, 3.63) is 47.3 Å². The van der Waals surface area contributed by atoms with Gasteiger partial charge in [-0.15, -0.1) is 0 Å². The first-order chi connectivity index (χ1) is 10.1. The van der Waals surface area contributed by atoms with Gasteiger partial charge in [-0.2, -0.15) is 5.10 Å². The van der Waals surface area contributed by atoms with E-state index in [0.29, 0.717) is 12.6 Å². The van der Waals surface area contributed by atoms with Gasteiger partial charge in [0.15, 0.2) is 0 Å². The predicted molar refractivity (Wildman–Crippen MR) is 85.3 cm³/mol. The topological polar surface area (TPSA) is 39.1 Å². The van der Waals surface area contributed by atoms with Crippen molar-refractivity contribution in [1.82, 2.24) is 15.1 Å². The Morgan fingerprint density at radius 2 is 1.95 bits per heavy atom. The molecule has 21 heavy (non-hydrogen) atoms. The molecule has 1 heterocycles. The summed E-state index contributed by atoms with van der Waals surface area (Å²) in [6, 6.07) is 10.8. The van der Waals surface area contributed by atoms with Crippen LogP contribution < -0.4 is 10.1 Å². The van der Waals surface area contributed by atoms with Crippen molar-refractivity contribution in [1.29, 1.82) is 0 Å². The zero-order valence-electron chi connectivity index (χ0n) is 13.4. The van der Waals surface area contributed by atoms with Gasteiger partial charge in [0.1, 0.15) is 12.4 Å². The third-order valence-corrected chi connectivity index (χ3v) is 3.41. The number of aryl methyl sites for hydroxylation is 2. The van der Waals surface area contributed by atoms with Crippen LogP contribution in [0.15, 0.2) is 30.3 Å². The fourth-order valence-corrected chi connectivity index (χ4v) is 2.06. The molecular weight excluding hydrogens is 262 g/mol. The first kappa shape index (κ1) is 15.6. The summed E-state index contributed by atoms with van der Waals surface area (Å²) in [6.45, 7) is 7.84. The Labute approximate surface area is 127 Å². The second-order valence-corrected chi connectivity index (χ2v) is 5.57. The number of rotatable bonds is 7. The Balaban J connectivity index is 1.89. The molecule has 0 fully saturated rings. The van der Waals surface area contributed by atoms with Crippen LogP contribution in [-0.4, -0.2) is 15.8 Å². The van der Waals surface area contributed by atoms with Crippen LogP contribution in [0.2, 0.25) is 0 Å². The van der Waals surface area contributed by atoms with E-state index in [9.17, 15) is 0 Å². The van der Waals surface area contributed by atoms with Gasteiger partial charge >= 0.3 is 0 Å². The maximum absolute atomic E-state index is 5.83. The van der Waals surface area contributed by atoms with Gasteiger partial charge in [-0.05, 0) is 30.2 Å². The quantitative estimate of drug-likeness (QED) is 0.850. The van der Waals surface area contributed by atoms with E-state index >= 15 is 0 Å². The molecule has 1 aromatic heterocycles. The molecule has 114 valence electrons. The van der Waals surface area contributed by atoms with Crippen LogP contribution in [0, 0.1) is 0 Å². The SMILES string of the molecule is CCc1cc(COc2ccc(CNC(C)C)cc2)n(C)n1. The highest BCUT2D eigenvalue weighted by molar-refractivity contribution is 5.27. The van der Waals surface area contributed by atoms with Gasteiger partial charge in [0.25, 0.3) is 0 Å². The highest BCUT2D eigenvalue weighted by Gasteiger charge is 2.04. The summed E-state index contributed by atoms with van der Waals surface area (Å²) in [4.78, 5) is 0. The molecule has 2 aromatic rings. The van der Waals surface area contributed by atoms with Crippen LogP contribution in [-0.2, 0) is 26.6 Å². The van der Waals surface area contributed by atoms with Gasteiger partial charge in [0.2, 0.25) is 0 Å². The molecule has 0 aliphatic heterocycles. The van der Waals surface area contributed by atoms with Gasteiger partial charge < -0.3 is 10.1 Å². The molecule has 0 amide bonds. The summed E-state index contributed by atoms with van der Waals surface area (Å²) in [6.07, 6.45) is 0.950. The molecule has 4 heteroatoms. The molecule has 0 bridgehead atoms. The van der Waals surface area contributed by atoms with Crippen LogP contribution in [0.25, 0.3) is 0 Å². The largest absolute Gasteiger partial charge is 0.487 e. The molecule has 0 saturated carbocycles. The van der Waals surface area contributed by atoms with E-state index in [1.54, 1.807) is 0 Å². The van der Waals surface area contributed by atoms with E-state index in [-0.39, 0.29) is 0 Å². The molecule has 2 rings (SSSR count). The highest BCUT2D eigenvalue weighted by Crippen LogP contribution is 2.15. The normalized spacial score (nSPS) is 11.1. The zero-order chi connectivity index (χ0) is 15.2. The number of benzene rings is 1. The minimum atomic E-state index is 0.499. The molecule has 0 aliphatic carbocycles. The fraction of sp³-hybridized carbons (Fsp3) is 0.471. The number of nitrogens with one attached hydrogen (secondary N) is 1. The molecule has 0 spiro atoms. The van der Waals surface area contributed by atoms with Crippen LogP contribution >= 0.6 is 0 Å². The number of ether oxygens (including phenoxy) is 1. The maximum Gasteiger partial charge on any atom is 0.130 e. The lowest BCUT2D eigenvalue weighted by atomic mass is 10.2. The van der Waals surface area contributed by atoms with Crippen molar-refractivity contribution in [2.45, 2.75) is 46.4 Å². The molecular formula is C17H25N3O. The Kier molecular flexibility index (Phi) is 5.39. The number of hydrogen-bond donors (Lipinski definition) is 1. The molecule has 0 unspecified atom stereocenters. The third-order valence-electron chi connectivity index (χ3n) is 3.41. The first-order valence-electron chi connectivity index (χ1n) is 7.55. The molecule has 4 nitrogen and oxygen atoms in total. The van der Waals surface area contributed by atoms with E-state index in [1.807, 2.05) is 23.9 Å². The van der Waals surface area contributed by atoms with Gasteiger partial charge in [0.05, 0.1) is 11.4 Å². The summed E-state index contributed by atoms with van der Waals surface area (Å²) in [5.74, 6) is 0.891. The van der Waals surface area contributed by atoms with Crippen molar-refractivity contribution in [3.63, 3.8) is 0 Å². The second kappa shape index (κ2) is 7.27. The molecule has 0 aliphatic rings. The van der Waals surface area contributed by atoms with Gasteiger partial charge in [-0.1, -0.05) is 32.9 Å². The molecule has 1 N–H and O–H groups in total. The third kappa shape index (κ3) is 4.60. The van der Waals surface area contributed by atoms with Crippen molar-refractivity contribution >= 4 is 0 Å². The van der Waals surface area contributed by atoms with E-state index in [4.69, 9.17) is 4.74 Å². The van der Waals surface area contributed by atoms with E-state index in [2.05, 4.69) is 49.4 Å². The van der Waals surface area contributed by atoms with Crippen LogP contribution in [0.1, 0.15) is 37.7 Å². The summed E-state index contributed by atoms with van der Waals surface area (Å²) < 4.78 is 7.72. The molecule has 0 saturated heterocycles. The minimum Gasteiger partial charge on any atom is -0.487 e. The van der Waals surface area contributed by atoms with Crippen LogP contribution in [0.5, 0.6) is 5.75 Å². The maximum atomic E-state index is 5.83. The lowest BCUT2D eigenvalue weighted by Crippen LogP contribution is -2.21. The van der Waals surface area contributed by atoms with Crippen molar-refractivity contribution in [2.75, 3.05) is 0 Å². The van der Waals surface area contributed by atoms with Gasteiger partial charge in [0, 0.05) is 19.6 Å². The highest BCUT2D eigenvalue weighted by atomic mass is 16.5. The van der Waals surface area contributed by atoms with Gasteiger partial charge in [-0.3, -0.25) is 4.68 Å². The van der Waals surface area contributed by atoms with Crippen LogP contribution in [0.3, 0.4) is 0 Å². The van der Waals surface area contributed by atoms with E-state index in [1.165, 1.54) is 5.56 Å². The van der Waals surface area contributed by atoms with E-state index in [0.717, 1.165) is 30.1 Å². The predicted octanol–water partition coefficient (Wildman–Crippen LogP) is 3.06. The standard InChI is InChI=1S/C17H25N3O/c1-5-15-10-16(20(4)19-15)12-21-17-8-6-14(7-9-17)11-18-13(2)3/h6-10,13,18H,5,11-12H2,1-4H3. The number of hydrogen-bond acceptors (Lipinski definition) is 3. The van der Waals surface area contributed by atoms with Crippen LogP contribution in [0.4, 0.5) is 0 Å². The average molecular weight is 287 g/mol. The monoisotopic (exact) mass is 287 g/mol. The number of nitrogens with zero attached hydrogens (tertiary/aromatic N) is 2. The molecule has 0 atom stereocenters. The Morgan fingerprint density at radius 3 is 2.52 bits per heavy atom. The number of aromatic nitrogens is 2. The van der Waals surface area contributed by atoms with Crippen molar-refractivity contribution < 1.29 is 4.74 Å². The zero-order valence-corrected chi connectivity index (χ0v) is 13.4. The van der Waals surface area contributed by atoms with Crippen molar-refractivity contribution in [3.8, 4) is 5.75 Å². The Bertz CT molecular complexity index is 558. The second-order valence-electron chi connectivity index (χ2n) is 5.57. The summed E-state index contributed by atoms with van der Waals surface area (Å²) in [7, 11) is 1.96. The first-order valence-corrected chi connectivity index (χ1v) is 7.55. The van der Waals surface area contributed by atoms with Gasteiger partial charge in [-0.25, -0.2) is 0 Å². The lowest BCUT2D eigenvalue weighted by molar-refractivity contribution is 0.295. The fourth-order valence-electron chi connectivity index (χ4n) is 2.06. The Morgan fingerprint density at radius 1 is 1.24 bits per heavy atom.